The van der Waals surface area contributed by atoms with E-state index in [0.717, 1.165) is 21.7 Å². The Balaban J connectivity index is 2.45. The lowest BCUT2D eigenvalue weighted by Crippen LogP contribution is -1.93. The SMILES string of the molecule is Cc1cc(-c2ccc(Cl)cc2)cnc1N. The van der Waals surface area contributed by atoms with Crippen molar-refractivity contribution in [3.8, 4) is 11.1 Å². The number of nitrogens with two attached hydrogens (primary N) is 1. The van der Waals surface area contributed by atoms with Gasteiger partial charge in [-0.3, -0.25) is 0 Å². The quantitative estimate of drug-likeness (QED) is 0.798. The first kappa shape index (κ1) is 9.99. The first-order chi connectivity index (χ1) is 7.16. The standard InChI is InChI=1S/C12H11ClN2/c1-8-6-10(7-15-12(8)14)9-2-4-11(13)5-3-9/h2-7H,1H3,(H2,14,15). The lowest BCUT2D eigenvalue weighted by molar-refractivity contribution is 1.28. The summed E-state index contributed by atoms with van der Waals surface area (Å²) in [6, 6.07) is 9.68. The zero-order valence-corrected chi connectivity index (χ0v) is 9.12. The normalized spacial score (nSPS) is 10.3. The lowest BCUT2D eigenvalue weighted by Gasteiger charge is -2.04. The second-order valence-corrected chi connectivity index (χ2v) is 3.87. The number of hydrogen-bond acceptors (Lipinski definition) is 2. The molecule has 15 heavy (non-hydrogen) atoms. The first-order valence-electron chi connectivity index (χ1n) is 4.65. The van der Waals surface area contributed by atoms with Crippen LogP contribution in [0.4, 0.5) is 5.82 Å². The maximum absolute atomic E-state index is 5.82. The third-order valence-electron chi connectivity index (χ3n) is 2.30. The van der Waals surface area contributed by atoms with Crippen LogP contribution in [-0.2, 0) is 0 Å². The second-order valence-electron chi connectivity index (χ2n) is 3.43. The van der Waals surface area contributed by atoms with Gasteiger partial charge in [-0.2, -0.15) is 0 Å². The minimum absolute atomic E-state index is 0.577. The van der Waals surface area contributed by atoms with E-state index in [4.69, 9.17) is 17.3 Å². The van der Waals surface area contributed by atoms with Gasteiger partial charge in [0.2, 0.25) is 0 Å². The van der Waals surface area contributed by atoms with Crippen LogP contribution < -0.4 is 5.73 Å². The molecule has 1 heterocycles. The first-order valence-corrected chi connectivity index (χ1v) is 5.02. The summed E-state index contributed by atoms with van der Waals surface area (Å²) >= 11 is 5.82. The Kier molecular flexibility index (Phi) is 2.60. The van der Waals surface area contributed by atoms with E-state index in [1.54, 1.807) is 6.20 Å². The van der Waals surface area contributed by atoms with Gasteiger partial charge in [0, 0.05) is 16.8 Å². The van der Waals surface area contributed by atoms with Gasteiger partial charge in [-0.1, -0.05) is 23.7 Å². The molecule has 1 aromatic carbocycles. The zero-order valence-electron chi connectivity index (χ0n) is 8.37. The molecule has 0 aliphatic rings. The molecule has 0 saturated heterocycles. The molecule has 0 fully saturated rings. The van der Waals surface area contributed by atoms with Crippen LogP contribution in [0.5, 0.6) is 0 Å². The Morgan fingerprint density at radius 3 is 2.40 bits per heavy atom. The van der Waals surface area contributed by atoms with Crippen molar-refractivity contribution < 1.29 is 0 Å². The van der Waals surface area contributed by atoms with E-state index < -0.39 is 0 Å². The zero-order chi connectivity index (χ0) is 10.8. The Morgan fingerprint density at radius 2 is 1.80 bits per heavy atom. The van der Waals surface area contributed by atoms with E-state index in [0.29, 0.717) is 5.82 Å². The lowest BCUT2D eigenvalue weighted by atomic mass is 10.1. The van der Waals surface area contributed by atoms with Crippen LogP contribution in [0, 0.1) is 6.92 Å². The molecule has 0 unspecified atom stereocenters. The number of benzene rings is 1. The summed E-state index contributed by atoms with van der Waals surface area (Å²) in [6.45, 7) is 1.95. The maximum Gasteiger partial charge on any atom is 0.126 e. The van der Waals surface area contributed by atoms with Gasteiger partial charge in [-0.25, -0.2) is 4.98 Å². The fourth-order valence-electron chi connectivity index (χ4n) is 1.39. The molecule has 3 heteroatoms. The number of rotatable bonds is 1. The summed E-state index contributed by atoms with van der Waals surface area (Å²) in [6.07, 6.45) is 1.77. The molecule has 0 amide bonds. The Labute approximate surface area is 93.7 Å². The van der Waals surface area contributed by atoms with Crippen LogP contribution in [0.2, 0.25) is 5.02 Å². The molecular formula is C12H11ClN2. The molecule has 76 valence electrons. The molecule has 2 nitrogen and oxygen atoms in total. The number of aryl methyl sites for hydroxylation is 1. The minimum Gasteiger partial charge on any atom is -0.383 e. The predicted octanol–water partition coefficient (Wildman–Crippen LogP) is 3.29. The maximum atomic E-state index is 5.82. The van der Waals surface area contributed by atoms with E-state index in [1.807, 2.05) is 37.3 Å². The number of pyridine rings is 1. The smallest absolute Gasteiger partial charge is 0.126 e. The highest BCUT2D eigenvalue weighted by molar-refractivity contribution is 6.30. The Morgan fingerprint density at radius 1 is 1.13 bits per heavy atom. The molecule has 0 aliphatic heterocycles. The number of nitrogens with zero attached hydrogens (tertiary/aromatic N) is 1. The molecule has 0 aliphatic carbocycles. The molecule has 1 aromatic heterocycles. The van der Waals surface area contributed by atoms with Crippen LogP contribution in [0.1, 0.15) is 5.56 Å². The van der Waals surface area contributed by atoms with Crippen molar-refractivity contribution in [2.24, 2.45) is 0 Å². The van der Waals surface area contributed by atoms with Crippen molar-refractivity contribution in [3.05, 3.63) is 47.1 Å². The topological polar surface area (TPSA) is 38.9 Å². The minimum atomic E-state index is 0.577. The highest BCUT2D eigenvalue weighted by atomic mass is 35.5. The van der Waals surface area contributed by atoms with Gasteiger partial charge in [-0.15, -0.1) is 0 Å². The molecule has 2 aromatic rings. The molecule has 2 rings (SSSR count). The second kappa shape index (κ2) is 3.91. The summed E-state index contributed by atoms with van der Waals surface area (Å²) < 4.78 is 0. The summed E-state index contributed by atoms with van der Waals surface area (Å²) in [5.41, 5.74) is 8.79. The number of hydrogen-bond donors (Lipinski definition) is 1. The fourth-order valence-corrected chi connectivity index (χ4v) is 1.51. The molecular weight excluding hydrogens is 208 g/mol. The van der Waals surface area contributed by atoms with Crippen LogP contribution in [0.15, 0.2) is 36.5 Å². The molecule has 0 spiro atoms. The highest BCUT2D eigenvalue weighted by Gasteiger charge is 2.00. The average molecular weight is 219 g/mol. The van der Waals surface area contributed by atoms with E-state index >= 15 is 0 Å². The summed E-state index contributed by atoms with van der Waals surface area (Å²) in [5.74, 6) is 0.577. The highest BCUT2D eigenvalue weighted by Crippen LogP contribution is 2.22. The number of aromatic nitrogens is 1. The Bertz CT molecular complexity index is 477. The van der Waals surface area contributed by atoms with Crippen LogP contribution in [-0.4, -0.2) is 4.98 Å². The van der Waals surface area contributed by atoms with Crippen molar-refractivity contribution >= 4 is 17.4 Å². The molecule has 2 N–H and O–H groups in total. The summed E-state index contributed by atoms with van der Waals surface area (Å²) in [7, 11) is 0. The van der Waals surface area contributed by atoms with Gasteiger partial charge in [0.25, 0.3) is 0 Å². The molecule has 0 radical (unpaired) electrons. The average Bonchev–Trinajstić information content (AvgIpc) is 2.23. The van der Waals surface area contributed by atoms with Crippen molar-refractivity contribution in [1.29, 1.82) is 0 Å². The number of anilines is 1. The largest absolute Gasteiger partial charge is 0.383 e. The molecule has 0 bridgehead atoms. The van der Waals surface area contributed by atoms with Crippen molar-refractivity contribution in [3.63, 3.8) is 0 Å². The van der Waals surface area contributed by atoms with Gasteiger partial charge in [0.1, 0.15) is 5.82 Å². The Hall–Kier alpha value is -1.54. The van der Waals surface area contributed by atoms with Crippen molar-refractivity contribution in [2.45, 2.75) is 6.92 Å². The van der Waals surface area contributed by atoms with Gasteiger partial charge < -0.3 is 5.73 Å². The predicted molar refractivity (Wildman–Crippen MR) is 63.8 cm³/mol. The van der Waals surface area contributed by atoms with Crippen molar-refractivity contribution in [2.75, 3.05) is 5.73 Å². The van der Waals surface area contributed by atoms with Gasteiger partial charge in [0.05, 0.1) is 0 Å². The van der Waals surface area contributed by atoms with E-state index in [9.17, 15) is 0 Å². The third kappa shape index (κ3) is 2.10. The van der Waals surface area contributed by atoms with E-state index in [1.165, 1.54) is 0 Å². The van der Waals surface area contributed by atoms with Gasteiger partial charge >= 0.3 is 0 Å². The fraction of sp³-hybridized carbons (Fsp3) is 0.0833. The number of nitrogen functional groups attached to an aromatic ring is 1. The monoisotopic (exact) mass is 218 g/mol. The summed E-state index contributed by atoms with van der Waals surface area (Å²) in [5, 5.41) is 0.735. The molecule has 0 saturated carbocycles. The summed E-state index contributed by atoms with van der Waals surface area (Å²) in [4.78, 5) is 4.12. The van der Waals surface area contributed by atoms with E-state index in [-0.39, 0.29) is 0 Å². The van der Waals surface area contributed by atoms with Crippen molar-refractivity contribution in [1.82, 2.24) is 4.98 Å². The van der Waals surface area contributed by atoms with Gasteiger partial charge in [0.15, 0.2) is 0 Å². The third-order valence-corrected chi connectivity index (χ3v) is 2.55. The number of halogens is 1. The van der Waals surface area contributed by atoms with Gasteiger partial charge in [-0.05, 0) is 36.2 Å². The van der Waals surface area contributed by atoms with Crippen LogP contribution >= 0.6 is 11.6 Å². The van der Waals surface area contributed by atoms with E-state index in [2.05, 4.69) is 4.98 Å². The molecule has 0 atom stereocenters. The van der Waals surface area contributed by atoms with Crippen LogP contribution in [0.25, 0.3) is 11.1 Å². The van der Waals surface area contributed by atoms with Crippen LogP contribution in [0.3, 0.4) is 0 Å².